The zero-order valence-corrected chi connectivity index (χ0v) is 16.7. The third-order valence-corrected chi connectivity index (χ3v) is 5.91. The standard InChI is InChI=1S/C21H34N2O4/c1-2-3-12-26-15-20(25)22-10-6-9-21(16-22)17-23(11-13-27-21)19(24)14-18-7-4-5-8-18/h4,7,18H,2-3,5-6,8-17H2,1H3. The second-order valence-electron chi connectivity index (χ2n) is 8.14. The van der Waals surface area contributed by atoms with Crippen molar-refractivity contribution in [3.05, 3.63) is 12.2 Å². The summed E-state index contributed by atoms with van der Waals surface area (Å²) < 4.78 is 11.6. The molecular formula is C21H34N2O4. The van der Waals surface area contributed by atoms with Crippen LogP contribution in [0.3, 0.4) is 0 Å². The monoisotopic (exact) mass is 378 g/mol. The number of hydrogen-bond donors (Lipinski definition) is 0. The van der Waals surface area contributed by atoms with Crippen molar-refractivity contribution in [1.29, 1.82) is 0 Å². The Bertz CT molecular complexity index is 546. The van der Waals surface area contributed by atoms with E-state index >= 15 is 0 Å². The van der Waals surface area contributed by atoms with Crippen molar-refractivity contribution in [3.63, 3.8) is 0 Å². The Labute approximate surface area is 162 Å². The lowest BCUT2D eigenvalue weighted by Gasteiger charge is -2.48. The quantitative estimate of drug-likeness (QED) is 0.504. The van der Waals surface area contributed by atoms with Crippen LogP contribution in [0.15, 0.2) is 12.2 Å². The molecule has 0 saturated carbocycles. The molecule has 2 aliphatic heterocycles. The van der Waals surface area contributed by atoms with Gasteiger partial charge in [-0.1, -0.05) is 25.5 Å². The van der Waals surface area contributed by atoms with Gasteiger partial charge in [-0.2, -0.15) is 0 Å². The summed E-state index contributed by atoms with van der Waals surface area (Å²) in [4.78, 5) is 29.0. The Kier molecular flexibility index (Phi) is 7.30. The van der Waals surface area contributed by atoms with Crippen LogP contribution in [0.2, 0.25) is 0 Å². The summed E-state index contributed by atoms with van der Waals surface area (Å²) in [5, 5.41) is 0. The van der Waals surface area contributed by atoms with Crippen LogP contribution in [0.1, 0.15) is 51.9 Å². The molecule has 0 bridgehead atoms. The molecule has 0 N–H and O–H groups in total. The topological polar surface area (TPSA) is 59.1 Å². The van der Waals surface area contributed by atoms with E-state index in [1.54, 1.807) is 0 Å². The number of amides is 2. The molecule has 0 aromatic rings. The lowest BCUT2D eigenvalue weighted by atomic mass is 9.90. The van der Waals surface area contributed by atoms with Gasteiger partial charge in [0, 0.05) is 26.1 Å². The smallest absolute Gasteiger partial charge is 0.248 e. The lowest BCUT2D eigenvalue weighted by Crippen LogP contribution is -2.61. The van der Waals surface area contributed by atoms with E-state index in [9.17, 15) is 9.59 Å². The summed E-state index contributed by atoms with van der Waals surface area (Å²) in [6.07, 6.45) is 11.0. The summed E-state index contributed by atoms with van der Waals surface area (Å²) in [5.41, 5.74) is -0.406. The summed E-state index contributed by atoms with van der Waals surface area (Å²) in [6, 6.07) is 0. The minimum Gasteiger partial charge on any atom is -0.372 e. The number of carbonyl (C=O) groups excluding carboxylic acids is 2. The molecule has 6 nitrogen and oxygen atoms in total. The maximum Gasteiger partial charge on any atom is 0.248 e. The first kappa shape index (κ1) is 20.3. The Balaban J connectivity index is 1.52. The number of ether oxygens (including phenoxy) is 2. The Morgan fingerprint density at radius 2 is 2.04 bits per heavy atom. The molecule has 2 atom stereocenters. The van der Waals surface area contributed by atoms with Gasteiger partial charge in [0.25, 0.3) is 0 Å². The highest BCUT2D eigenvalue weighted by Crippen LogP contribution is 2.30. The molecule has 1 spiro atoms. The van der Waals surface area contributed by atoms with Gasteiger partial charge in [0.1, 0.15) is 12.2 Å². The van der Waals surface area contributed by atoms with Gasteiger partial charge < -0.3 is 19.3 Å². The van der Waals surface area contributed by atoms with Crippen LogP contribution in [-0.2, 0) is 19.1 Å². The van der Waals surface area contributed by atoms with E-state index in [1.165, 1.54) is 0 Å². The Hall–Kier alpha value is -1.40. The second-order valence-corrected chi connectivity index (χ2v) is 8.14. The molecule has 2 unspecified atom stereocenters. The SMILES string of the molecule is CCCCOCC(=O)N1CCCC2(C1)CN(C(=O)CC1C=CCC1)CCO2. The van der Waals surface area contributed by atoms with Gasteiger partial charge in [-0.05, 0) is 38.0 Å². The van der Waals surface area contributed by atoms with Crippen molar-refractivity contribution < 1.29 is 19.1 Å². The van der Waals surface area contributed by atoms with E-state index in [4.69, 9.17) is 9.47 Å². The van der Waals surface area contributed by atoms with E-state index in [0.29, 0.717) is 45.2 Å². The van der Waals surface area contributed by atoms with Crippen molar-refractivity contribution in [2.75, 3.05) is 46.0 Å². The third-order valence-electron chi connectivity index (χ3n) is 5.91. The van der Waals surface area contributed by atoms with E-state index < -0.39 is 5.60 Å². The minimum absolute atomic E-state index is 0.0355. The molecule has 2 saturated heterocycles. The number of rotatable bonds is 7. The van der Waals surface area contributed by atoms with Gasteiger partial charge in [0.05, 0.1) is 19.7 Å². The molecule has 2 amide bonds. The maximum atomic E-state index is 12.7. The number of likely N-dealkylation sites (tertiary alicyclic amines) is 1. The van der Waals surface area contributed by atoms with E-state index in [0.717, 1.165) is 45.1 Å². The number of hydrogen-bond acceptors (Lipinski definition) is 4. The van der Waals surface area contributed by atoms with Gasteiger partial charge in [0.2, 0.25) is 11.8 Å². The summed E-state index contributed by atoms with van der Waals surface area (Å²) in [7, 11) is 0. The molecule has 0 radical (unpaired) electrons. The van der Waals surface area contributed by atoms with Crippen LogP contribution in [0, 0.1) is 5.92 Å². The molecule has 0 aromatic heterocycles. The minimum atomic E-state index is -0.406. The predicted octanol–water partition coefficient (Wildman–Crippen LogP) is 2.38. The Morgan fingerprint density at radius 1 is 1.22 bits per heavy atom. The molecular weight excluding hydrogens is 344 g/mol. The Morgan fingerprint density at radius 3 is 2.78 bits per heavy atom. The zero-order valence-electron chi connectivity index (χ0n) is 16.7. The van der Waals surface area contributed by atoms with Crippen molar-refractivity contribution in [1.82, 2.24) is 9.80 Å². The molecule has 1 aliphatic carbocycles. The number of piperidine rings is 1. The molecule has 0 aromatic carbocycles. The lowest BCUT2D eigenvalue weighted by molar-refractivity contribution is -0.168. The van der Waals surface area contributed by atoms with Gasteiger partial charge in [-0.15, -0.1) is 0 Å². The number of allylic oxidation sites excluding steroid dienone is 2. The highest BCUT2D eigenvalue weighted by molar-refractivity contribution is 5.78. The molecule has 2 fully saturated rings. The van der Waals surface area contributed by atoms with Crippen LogP contribution in [0.5, 0.6) is 0 Å². The number of morpholine rings is 1. The first-order valence-corrected chi connectivity index (χ1v) is 10.6. The highest BCUT2D eigenvalue weighted by atomic mass is 16.5. The third kappa shape index (κ3) is 5.55. The van der Waals surface area contributed by atoms with Gasteiger partial charge in [-0.3, -0.25) is 9.59 Å². The van der Waals surface area contributed by atoms with Crippen molar-refractivity contribution in [2.45, 2.75) is 57.5 Å². The summed E-state index contributed by atoms with van der Waals surface area (Å²) in [6.45, 7) is 6.02. The van der Waals surface area contributed by atoms with Crippen molar-refractivity contribution in [3.8, 4) is 0 Å². The molecule has 6 heteroatoms. The van der Waals surface area contributed by atoms with Crippen LogP contribution >= 0.6 is 0 Å². The fourth-order valence-electron chi connectivity index (χ4n) is 4.33. The predicted molar refractivity (Wildman–Crippen MR) is 103 cm³/mol. The molecule has 27 heavy (non-hydrogen) atoms. The van der Waals surface area contributed by atoms with E-state index in [-0.39, 0.29) is 18.4 Å². The highest BCUT2D eigenvalue weighted by Gasteiger charge is 2.43. The van der Waals surface area contributed by atoms with Crippen LogP contribution < -0.4 is 0 Å². The maximum absolute atomic E-state index is 12.7. The average Bonchev–Trinajstić information content (AvgIpc) is 3.18. The van der Waals surface area contributed by atoms with Crippen molar-refractivity contribution >= 4 is 11.8 Å². The number of carbonyl (C=O) groups is 2. The largest absolute Gasteiger partial charge is 0.372 e. The van der Waals surface area contributed by atoms with E-state index in [2.05, 4.69) is 19.1 Å². The van der Waals surface area contributed by atoms with Gasteiger partial charge >= 0.3 is 0 Å². The summed E-state index contributed by atoms with van der Waals surface area (Å²) >= 11 is 0. The fourth-order valence-corrected chi connectivity index (χ4v) is 4.33. The number of unbranched alkanes of at least 4 members (excludes halogenated alkanes) is 1. The number of nitrogens with zero attached hydrogens (tertiary/aromatic N) is 2. The van der Waals surface area contributed by atoms with Gasteiger partial charge in [-0.25, -0.2) is 0 Å². The molecule has 2 heterocycles. The fraction of sp³-hybridized carbons (Fsp3) is 0.810. The zero-order chi connectivity index (χ0) is 19.1. The van der Waals surface area contributed by atoms with Crippen LogP contribution in [0.25, 0.3) is 0 Å². The van der Waals surface area contributed by atoms with Gasteiger partial charge in [0.15, 0.2) is 0 Å². The molecule has 152 valence electrons. The molecule has 3 aliphatic rings. The van der Waals surface area contributed by atoms with E-state index in [1.807, 2.05) is 9.80 Å². The average molecular weight is 379 g/mol. The van der Waals surface area contributed by atoms with Crippen molar-refractivity contribution in [2.24, 2.45) is 5.92 Å². The van der Waals surface area contributed by atoms with Crippen LogP contribution in [0.4, 0.5) is 0 Å². The second kappa shape index (κ2) is 9.69. The normalized spacial score (nSPS) is 28.1. The first-order chi connectivity index (χ1) is 13.1. The molecule has 3 rings (SSSR count). The first-order valence-electron chi connectivity index (χ1n) is 10.6. The van der Waals surface area contributed by atoms with Crippen LogP contribution in [-0.4, -0.2) is 73.2 Å². The summed E-state index contributed by atoms with van der Waals surface area (Å²) in [5.74, 6) is 0.648.